The van der Waals surface area contributed by atoms with Crippen LogP contribution in [0.2, 0.25) is 0 Å². The fourth-order valence-corrected chi connectivity index (χ4v) is 3.86. The first-order valence-electron chi connectivity index (χ1n) is 7.72. The van der Waals surface area contributed by atoms with E-state index < -0.39 is 21.9 Å². The minimum absolute atomic E-state index is 0.0120. The molecular formula is C16H20F3NO3S. The highest BCUT2D eigenvalue weighted by atomic mass is 32.2. The summed E-state index contributed by atoms with van der Waals surface area (Å²) >= 11 is 0. The van der Waals surface area contributed by atoms with Gasteiger partial charge in [0.1, 0.15) is 5.75 Å². The number of hydrogen-bond donors (Lipinski definition) is 0. The molecule has 1 heterocycles. The summed E-state index contributed by atoms with van der Waals surface area (Å²) in [4.78, 5) is 2.27. The van der Waals surface area contributed by atoms with Crippen LogP contribution in [-0.4, -0.2) is 45.1 Å². The lowest BCUT2D eigenvalue weighted by atomic mass is 10.2. The Morgan fingerprint density at radius 1 is 1.08 bits per heavy atom. The van der Waals surface area contributed by atoms with Crippen molar-refractivity contribution < 1.29 is 26.3 Å². The zero-order valence-electron chi connectivity index (χ0n) is 13.1. The van der Waals surface area contributed by atoms with Crippen molar-refractivity contribution in [1.82, 2.24) is 4.90 Å². The normalized spacial score (nSPS) is 16.3. The third kappa shape index (κ3) is 6.16. The van der Waals surface area contributed by atoms with Crippen LogP contribution in [0.25, 0.3) is 0 Å². The van der Waals surface area contributed by atoms with Crippen LogP contribution in [0, 0.1) is 0 Å². The molecule has 8 heteroatoms. The van der Waals surface area contributed by atoms with E-state index in [-0.39, 0.29) is 10.6 Å². The average Bonchev–Trinajstić information content (AvgIpc) is 2.52. The van der Waals surface area contributed by atoms with Gasteiger partial charge in [0, 0.05) is 13.1 Å². The molecule has 24 heavy (non-hydrogen) atoms. The van der Waals surface area contributed by atoms with Gasteiger partial charge in [-0.3, -0.25) is 4.90 Å². The molecule has 0 fully saturated rings. The second-order valence-electron chi connectivity index (χ2n) is 5.61. The molecule has 1 aliphatic rings. The third-order valence-corrected chi connectivity index (χ3v) is 5.51. The van der Waals surface area contributed by atoms with E-state index in [0.29, 0.717) is 6.42 Å². The van der Waals surface area contributed by atoms with Crippen LogP contribution in [0.15, 0.2) is 41.3 Å². The number of hydrogen-bond acceptors (Lipinski definition) is 4. The highest BCUT2D eigenvalue weighted by Crippen LogP contribution is 2.24. The lowest BCUT2D eigenvalue weighted by molar-refractivity contribution is -0.274. The van der Waals surface area contributed by atoms with E-state index in [1.807, 2.05) is 0 Å². The predicted octanol–water partition coefficient (Wildman–Crippen LogP) is 3.40. The first-order chi connectivity index (χ1) is 11.3. The van der Waals surface area contributed by atoms with Crippen molar-refractivity contribution in [3.63, 3.8) is 0 Å². The maximum atomic E-state index is 12.2. The molecule has 0 saturated heterocycles. The number of sulfone groups is 1. The zero-order chi connectivity index (χ0) is 17.6. The average molecular weight is 363 g/mol. The molecule has 4 nitrogen and oxygen atoms in total. The predicted molar refractivity (Wildman–Crippen MR) is 84.6 cm³/mol. The van der Waals surface area contributed by atoms with Crippen LogP contribution in [0.5, 0.6) is 5.75 Å². The Bertz CT molecular complexity index is 654. The molecule has 0 spiro atoms. The van der Waals surface area contributed by atoms with E-state index in [9.17, 15) is 21.6 Å². The Labute approximate surface area is 139 Å². The summed E-state index contributed by atoms with van der Waals surface area (Å²) in [5.41, 5.74) is 0. The summed E-state index contributed by atoms with van der Waals surface area (Å²) in [7, 11) is -3.49. The van der Waals surface area contributed by atoms with Gasteiger partial charge in [0.2, 0.25) is 0 Å². The van der Waals surface area contributed by atoms with Gasteiger partial charge >= 0.3 is 6.36 Å². The van der Waals surface area contributed by atoms with Crippen LogP contribution < -0.4 is 4.74 Å². The summed E-state index contributed by atoms with van der Waals surface area (Å²) in [6.45, 7) is 2.73. The fourth-order valence-electron chi connectivity index (χ4n) is 2.49. The number of alkyl halides is 3. The van der Waals surface area contributed by atoms with Gasteiger partial charge in [-0.2, -0.15) is 0 Å². The number of benzene rings is 1. The van der Waals surface area contributed by atoms with Gasteiger partial charge in [-0.05, 0) is 50.1 Å². The highest BCUT2D eigenvalue weighted by molar-refractivity contribution is 7.91. The smallest absolute Gasteiger partial charge is 0.406 e. The second-order valence-corrected chi connectivity index (χ2v) is 7.72. The Kier molecular flexibility index (Phi) is 6.28. The van der Waals surface area contributed by atoms with E-state index in [1.165, 1.54) is 0 Å². The van der Waals surface area contributed by atoms with Crippen molar-refractivity contribution in [2.45, 2.75) is 30.5 Å². The largest absolute Gasteiger partial charge is 0.573 e. The molecule has 1 aromatic carbocycles. The molecule has 0 aliphatic carbocycles. The van der Waals surface area contributed by atoms with Crippen molar-refractivity contribution >= 4 is 9.84 Å². The van der Waals surface area contributed by atoms with Gasteiger partial charge < -0.3 is 4.74 Å². The van der Waals surface area contributed by atoms with E-state index in [4.69, 9.17) is 0 Å². The zero-order valence-corrected chi connectivity index (χ0v) is 13.9. The van der Waals surface area contributed by atoms with Crippen molar-refractivity contribution in [2.75, 3.05) is 25.4 Å². The van der Waals surface area contributed by atoms with Gasteiger partial charge in [-0.15, -0.1) is 13.2 Å². The molecule has 0 N–H and O–H groups in total. The lowest BCUT2D eigenvalue weighted by Gasteiger charge is -2.22. The van der Waals surface area contributed by atoms with Crippen molar-refractivity contribution in [3.8, 4) is 5.75 Å². The Morgan fingerprint density at radius 3 is 2.38 bits per heavy atom. The molecule has 1 aliphatic heterocycles. The maximum absolute atomic E-state index is 12.2. The molecule has 2 rings (SSSR count). The Hall–Kier alpha value is -1.54. The van der Waals surface area contributed by atoms with Crippen molar-refractivity contribution in [1.29, 1.82) is 0 Å². The number of halogens is 3. The minimum atomic E-state index is -4.79. The second kappa shape index (κ2) is 8.02. The summed E-state index contributed by atoms with van der Waals surface area (Å²) < 4.78 is 64.4. The summed E-state index contributed by atoms with van der Waals surface area (Å²) in [6, 6.07) is 4.32. The molecule has 0 saturated carbocycles. The summed E-state index contributed by atoms with van der Waals surface area (Å²) in [5, 5.41) is 0. The van der Waals surface area contributed by atoms with Crippen LogP contribution >= 0.6 is 0 Å². The molecule has 0 bridgehead atoms. The van der Waals surface area contributed by atoms with E-state index in [2.05, 4.69) is 21.8 Å². The van der Waals surface area contributed by atoms with Gasteiger partial charge in [-0.25, -0.2) is 8.42 Å². The first kappa shape index (κ1) is 18.8. The molecule has 0 aromatic heterocycles. The number of nitrogens with zero attached hydrogens (tertiary/aromatic N) is 1. The standard InChI is InChI=1S/C16H20F3NO3S/c17-16(18,19)23-14-6-8-15(9-7-14)24(21,22)13-5-4-12-20-10-2-1-3-11-20/h1-2,6-9H,3-5,10-13H2. The van der Waals surface area contributed by atoms with Gasteiger partial charge in [0.15, 0.2) is 9.84 Å². The minimum Gasteiger partial charge on any atom is -0.406 e. The van der Waals surface area contributed by atoms with E-state index in [1.54, 1.807) is 0 Å². The number of rotatable bonds is 7. The topological polar surface area (TPSA) is 46.6 Å². The van der Waals surface area contributed by atoms with Crippen LogP contribution in [0.1, 0.15) is 19.3 Å². The van der Waals surface area contributed by atoms with Crippen LogP contribution in [0.3, 0.4) is 0 Å². The first-order valence-corrected chi connectivity index (χ1v) is 9.37. The fraction of sp³-hybridized carbons (Fsp3) is 0.500. The number of unbranched alkanes of at least 4 members (excludes halogenated alkanes) is 1. The highest BCUT2D eigenvalue weighted by Gasteiger charge is 2.31. The Morgan fingerprint density at radius 2 is 1.79 bits per heavy atom. The van der Waals surface area contributed by atoms with Crippen LogP contribution in [0.4, 0.5) is 13.2 Å². The third-order valence-electron chi connectivity index (χ3n) is 3.70. The molecule has 0 atom stereocenters. The molecular weight excluding hydrogens is 343 g/mol. The summed E-state index contributed by atoms with van der Waals surface area (Å²) in [6.07, 6.45) is 1.75. The quantitative estimate of drug-likeness (QED) is 0.550. The molecule has 0 amide bonds. The molecule has 134 valence electrons. The lowest BCUT2D eigenvalue weighted by Crippen LogP contribution is -2.28. The monoisotopic (exact) mass is 363 g/mol. The molecule has 0 unspecified atom stereocenters. The number of ether oxygens (including phenoxy) is 1. The van der Waals surface area contributed by atoms with Gasteiger partial charge in [0.05, 0.1) is 10.6 Å². The van der Waals surface area contributed by atoms with Gasteiger partial charge in [-0.1, -0.05) is 12.2 Å². The Balaban J connectivity index is 1.82. The van der Waals surface area contributed by atoms with Crippen molar-refractivity contribution in [2.24, 2.45) is 0 Å². The molecule has 1 aromatic rings. The van der Waals surface area contributed by atoms with Crippen LogP contribution in [-0.2, 0) is 9.84 Å². The maximum Gasteiger partial charge on any atom is 0.573 e. The summed E-state index contributed by atoms with van der Waals surface area (Å²) in [5.74, 6) is -0.449. The molecule has 0 radical (unpaired) electrons. The SMILES string of the molecule is O=S(=O)(CCCCN1CC=CCC1)c1ccc(OC(F)(F)F)cc1. The van der Waals surface area contributed by atoms with E-state index in [0.717, 1.165) is 56.7 Å². The van der Waals surface area contributed by atoms with Crippen molar-refractivity contribution in [3.05, 3.63) is 36.4 Å². The van der Waals surface area contributed by atoms with E-state index >= 15 is 0 Å². The van der Waals surface area contributed by atoms with Gasteiger partial charge in [0.25, 0.3) is 0 Å².